The summed E-state index contributed by atoms with van der Waals surface area (Å²) in [6.45, 7) is 9.15. The zero-order valence-corrected chi connectivity index (χ0v) is 15.1. The first-order valence-corrected chi connectivity index (χ1v) is 9.07. The Morgan fingerprint density at radius 1 is 1.08 bits per heavy atom. The van der Waals surface area contributed by atoms with Gasteiger partial charge < -0.3 is 9.72 Å². The molecule has 0 amide bonds. The van der Waals surface area contributed by atoms with Gasteiger partial charge >= 0.3 is 0 Å². The molecule has 4 saturated heterocycles. The van der Waals surface area contributed by atoms with Crippen LogP contribution in [0.5, 0.6) is 5.75 Å². The van der Waals surface area contributed by atoms with Gasteiger partial charge in [-0.3, -0.25) is 14.6 Å². The molecule has 1 aromatic carbocycles. The van der Waals surface area contributed by atoms with Crippen molar-refractivity contribution in [1.82, 2.24) is 14.8 Å². The summed E-state index contributed by atoms with van der Waals surface area (Å²) in [6.07, 6.45) is 1.41. The van der Waals surface area contributed by atoms with Crippen molar-refractivity contribution >= 4 is 10.9 Å². The lowest BCUT2D eigenvalue weighted by molar-refractivity contribution is -0.194. The Labute approximate surface area is 147 Å². The SMILES string of the molecule is COc1ccc2cc(C3N4CC5(C)CN3CC(C)(C4)C5)c(=O)[nH]c2c1. The first-order chi connectivity index (χ1) is 11.9. The largest absolute Gasteiger partial charge is 0.497 e. The molecule has 0 radical (unpaired) electrons. The van der Waals surface area contributed by atoms with Gasteiger partial charge in [0.15, 0.2) is 0 Å². The molecule has 2 aromatic rings. The van der Waals surface area contributed by atoms with Gasteiger partial charge in [0.05, 0.1) is 18.8 Å². The molecule has 5 heteroatoms. The lowest BCUT2D eigenvalue weighted by Gasteiger charge is -2.66. The number of fused-ring (bicyclic) bond motifs is 1. The minimum absolute atomic E-state index is 0.0218. The van der Waals surface area contributed by atoms with Crippen LogP contribution in [0.3, 0.4) is 0 Å². The van der Waals surface area contributed by atoms with Gasteiger partial charge in [-0.15, -0.1) is 0 Å². The molecule has 0 aliphatic carbocycles. The summed E-state index contributed by atoms with van der Waals surface area (Å²) in [7, 11) is 1.64. The van der Waals surface area contributed by atoms with Gasteiger partial charge in [0.2, 0.25) is 0 Å². The molecule has 0 atom stereocenters. The highest BCUT2D eigenvalue weighted by Crippen LogP contribution is 2.53. The van der Waals surface area contributed by atoms with E-state index in [1.54, 1.807) is 7.11 Å². The van der Waals surface area contributed by atoms with E-state index in [1.807, 2.05) is 18.2 Å². The number of pyridine rings is 1. The molecule has 5 heterocycles. The number of ether oxygens (including phenoxy) is 1. The van der Waals surface area contributed by atoms with Crippen molar-refractivity contribution in [2.75, 3.05) is 33.3 Å². The van der Waals surface area contributed by atoms with Gasteiger partial charge in [0, 0.05) is 37.8 Å². The molecular formula is C20H25N3O2. The molecule has 1 N–H and O–H groups in total. The molecule has 4 aliphatic rings. The maximum absolute atomic E-state index is 12.9. The molecule has 0 saturated carbocycles. The molecule has 4 bridgehead atoms. The van der Waals surface area contributed by atoms with E-state index < -0.39 is 0 Å². The highest BCUT2D eigenvalue weighted by atomic mass is 16.5. The van der Waals surface area contributed by atoms with Crippen LogP contribution in [-0.4, -0.2) is 48.1 Å². The van der Waals surface area contributed by atoms with Gasteiger partial charge in [-0.25, -0.2) is 0 Å². The monoisotopic (exact) mass is 339 g/mol. The van der Waals surface area contributed by atoms with Gasteiger partial charge in [0.1, 0.15) is 5.75 Å². The summed E-state index contributed by atoms with van der Waals surface area (Å²) in [5.41, 5.74) is 2.45. The zero-order chi connectivity index (χ0) is 17.4. The van der Waals surface area contributed by atoms with Crippen LogP contribution in [0.1, 0.15) is 32.0 Å². The predicted molar refractivity (Wildman–Crippen MR) is 97.8 cm³/mol. The van der Waals surface area contributed by atoms with Crippen molar-refractivity contribution in [2.45, 2.75) is 26.4 Å². The first-order valence-electron chi connectivity index (χ1n) is 9.07. The van der Waals surface area contributed by atoms with Crippen molar-refractivity contribution in [3.05, 3.63) is 40.2 Å². The summed E-state index contributed by atoms with van der Waals surface area (Å²) in [5.74, 6) is 0.763. The van der Waals surface area contributed by atoms with Crippen molar-refractivity contribution < 1.29 is 4.74 Å². The molecule has 132 valence electrons. The molecule has 6 rings (SSSR count). The average molecular weight is 339 g/mol. The van der Waals surface area contributed by atoms with Crippen LogP contribution >= 0.6 is 0 Å². The number of H-pyrrole nitrogens is 1. The maximum atomic E-state index is 12.9. The van der Waals surface area contributed by atoms with E-state index in [1.165, 1.54) is 6.42 Å². The summed E-state index contributed by atoms with van der Waals surface area (Å²) in [5, 5.41) is 1.06. The number of methoxy groups -OCH3 is 1. The van der Waals surface area contributed by atoms with Gasteiger partial charge in [-0.2, -0.15) is 0 Å². The summed E-state index contributed by atoms with van der Waals surface area (Å²) >= 11 is 0. The molecule has 4 aliphatic heterocycles. The number of nitrogens with one attached hydrogen (secondary N) is 1. The lowest BCUT2D eigenvalue weighted by atomic mass is 9.63. The van der Waals surface area contributed by atoms with E-state index in [0.29, 0.717) is 10.8 Å². The van der Waals surface area contributed by atoms with Crippen LogP contribution in [0.4, 0.5) is 0 Å². The van der Waals surface area contributed by atoms with E-state index in [9.17, 15) is 4.79 Å². The Hall–Kier alpha value is -1.85. The maximum Gasteiger partial charge on any atom is 0.254 e. The summed E-state index contributed by atoms with van der Waals surface area (Å²) < 4.78 is 5.27. The Bertz CT molecular complexity index is 883. The van der Waals surface area contributed by atoms with E-state index in [-0.39, 0.29) is 11.7 Å². The second-order valence-corrected chi connectivity index (χ2v) is 8.99. The molecule has 5 nitrogen and oxygen atoms in total. The standard InChI is InChI=1S/C20H25N3O2/c1-19-8-20(2)11-22(9-19)18(23(10-19)12-20)15-6-13-4-5-14(25-3)7-16(13)21-17(15)24/h4-7,18H,8-12H2,1-3H3,(H,21,24). The molecule has 25 heavy (non-hydrogen) atoms. The molecule has 4 fully saturated rings. The Morgan fingerprint density at radius 2 is 1.72 bits per heavy atom. The number of benzene rings is 1. The molecule has 0 unspecified atom stereocenters. The van der Waals surface area contributed by atoms with E-state index in [0.717, 1.165) is 48.4 Å². The summed E-state index contributed by atoms with van der Waals surface area (Å²) in [4.78, 5) is 21.0. The van der Waals surface area contributed by atoms with Crippen LogP contribution in [0.25, 0.3) is 10.9 Å². The number of rotatable bonds is 2. The lowest BCUT2D eigenvalue weighted by Crippen LogP contribution is -2.71. The predicted octanol–water partition coefficient (Wildman–Crippen LogP) is 2.58. The topological polar surface area (TPSA) is 48.6 Å². The van der Waals surface area contributed by atoms with E-state index >= 15 is 0 Å². The van der Waals surface area contributed by atoms with Crippen molar-refractivity contribution in [3.63, 3.8) is 0 Å². The fraction of sp³-hybridized carbons (Fsp3) is 0.550. The second-order valence-electron chi connectivity index (χ2n) is 8.99. The van der Waals surface area contributed by atoms with E-state index in [2.05, 4.69) is 34.7 Å². The van der Waals surface area contributed by atoms with Gasteiger partial charge in [-0.1, -0.05) is 13.8 Å². The Morgan fingerprint density at radius 3 is 2.32 bits per heavy atom. The zero-order valence-electron chi connectivity index (χ0n) is 15.1. The van der Waals surface area contributed by atoms with Gasteiger partial charge in [-0.05, 0) is 40.8 Å². The van der Waals surface area contributed by atoms with Crippen LogP contribution in [0.15, 0.2) is 29.1 Å². The smallest absolute Gasteiger partial charge is 0.254 e. The number of aromatic nitrogens is 1. The second kappa shape index (κ2) is 4.86. The van der Waals surface area contributed by atoms with Crippen LogP contribution in [0, 0.1) is 10.8 Å². The van der Waals surface area contributed by atoms with Crippen LogP contribution in [-0.2, 0) is 0 Å². The fourth-order valence-electron chi connectivity index (χ4n) is 5.91. The quantitative estimate of drug-likeness (QED) is 0.914. The fourth-order valence-corrected chi connectivity index (χ4v) is 5.91. The number of hydrogen-bond donors (Lipinski definition) is 1. The van der Waals surface area contributed by atoms with Crippen molar-refractivity contribution in [3.8, 4) is 5.75 Å². The van der Waals surface area contributed by atoms with Gasteiger partial charge in [0.25, 0.3) is 5.56 Å². The third-order valence-corrected chi connectivity index (χ3v) is 6.24. The third kappa shape index (κ3) is 2.26. The minimum atomic E-state index is 0.0218. The number of piperidine rings is 2. The highest BCUT2D eigenvalue weighted by molar-refractivity contribution is 5.80. The average Bonchev–Trinajstić information content (AvgIpc) is 2.51. The highest BCUT2D eigenvalue weighted by Gasteiger charge is 2.56. The van der Waals surface area contributed by atoms with E-state index in [4.69, 9.17) is 4.74 Å². The normalized spacial score (nSPS) is 39.1. The van der Waals surface area contributed by atoms with Crippen LogP contribution < -0.4 is 10.3 Å². The summed E-state index contributed by atoms with van der Waals surface area (Å²) in [6, 6.07) is 7.94. The van der Waals surface area contributed by atoms with Crippen molar-refractivity contribution in [1.29, 1.82) is 0 Å². The number of nitrogens with zero attached hydrogens (tertiary/aromatic N) is 2. The number of aromatic amines is 1. The van der Waals surface area contributed by atoms with Crippen LogP contribution in [0.2, 0.25) is 0 Å². The molecular weight excluding hydrogens is 314 g/mol. The Balaban J connectivity index is 1.60. The molecule has 0 spiro atoms. The molecule has 1 aromatic heterocycles. The third-order valence-electron chi connectivity index (χ3n) is 6.24. The first kappa shape index (κ1) is 15.4. The Kier molecular flexibility index (Phi) is 3.00. The number of hydrogen-bond acceptors (Lipinski definition) is 4. The van der Waals surface area contributed by atoms with Crippen molar-refractivity contribution in [2.24, 2.45) is 10.8 Å². The minimum Gasteiger partial charge on any atom is -0.497 e.